The second kappa shape index (κ2) is 6.39. The van der Waals surface area contributed by atoms with E-state index in [9.17, 15) is 9.59 Å². The van der Waals surface area contributed by atoms with E-state index in [2.05, 4.69) is 21.2 Å². The van der Waals surface area contributed by atoms with Crippen LogP contribution in [0.3, 0.4) is 0 Å². The molecule has 0 spiro atoms. The molecule has 0 aromatic heterocycles. The molecule has 1 aromatic carbocycles. The van der Waals surface area contributed by atoms with Crippen molar-refractivity contribution in [1.82, 2.24) is 0 Å². The summed E-state index contributed by atoms with van der Waals surface area (Å²) in [6, 6.07) is 5.14. The van der Waals surface area contributed by atoms with Crippen molar-refractivity contribution in [2.75, 3.05) is 5.32 Å². The molecule has 0 saturated carbocycles. The highest BCUT2D eigenvalue weighted by Gasteiger charge is 2.09. The molecule has 0 saturated heterocycles. The Morgan fingerprint density at radius 1 is 1.50 bits per heavy atom. The zero-order chi connectivity index (χ0) is 13.7. The van der Waals surface area contributed by atoms with E-state index in [0.29, 0.717) is 16.5 Å². The summed E-state index contributed by atoms with van der Waals surface area (Å²) >= 11 is 3.26. The molecule has 1 atom stereocenters. The molecular formula is C12H15BrN2O3. The van der Waals surface area contributed by atoms with Gasteiger partial charge in [0.25, 0.3) is 0 Å². The van der Waals surface area contributed by atoms with Gasteiger partial charge in [0, 0.05) is 22.6 Å². The molecule has 1 amide bonds. The van der Waals surface area contributed by atoms with E-state index in [4.69, 9.17) is 10.8 Å². The van der Waals surface area contributed by atoms with E-state index in [1.54, 1.807) is 18.2 Å². The highest BCUT2D eigenvalue weighted by atomic mass is 79.9. The van der Waals surface area contributed by atoms with Gasteiger partial charge >= 0.3 is 5.97 Å². The third-order valence-electron chi connectivity index (χ3n) is 2.44. The first kappa shape index (κ1) is 14.5. The van der Waals surface area contributed by atoms with E-state index in [1.807, 2.05) is 6.92 Å². The Morgan fingerprint density at radius 2 is 2.17 bits per heavy atom. The van der Waals surface area contributed by atoms with Crippen molar-refractivity contribution in [3.8, 4) is 0 Å². The molecule has 6 heteroatoms. The fourth-order valence-corrected chi connectivity index (χ4v) is 2.08. The third kappa shape index (κ3) is 4.37. The summed E-state index contributed by atoms with van der Waals surface area (Å²) in [5, 5.41) is 11.7. The zero-order valence-electron chi connectivity index (χ0n) is 9.94. The van der Waals surface area contributed by atoms with Crippen LogP contribution in [0.4, 0.5) is 5.69 Å². The molecule has 0 aliphatic rings. The van der Waals surface area contributed by atoms with Crippen molar-refractivity contribution in [1.29, 1.82) is 0 Å². The molecule has 0 heterocycles. The number of hydrogen-bond donors (Lipinski definition) is 3. The molecular weight excluding hydrogens is 300 g/mol. The average Bonchev–Trinajstić information content (AvgIpc) is 2.26. The minimum atomic E-state index is -0.811. The summed E-state index contributed by atoms with van der Waals surface area (Å²) in [4.78, 5) is 21.5. The fraction of sp³-hybridized carbons (Fsp3) is 0.333. The fourth-order valence-electron chi connectivity index (χ4n) is 1.50. The molecule has 0 radical (unpaired) electrons. The normalized spacial score (nSPS) is 11.9. The third-order valence-corrected chi connectivity index (χ3v) is 3.09. The number of carboxylic acid groups (broad SMARTS) is 1. The van der Waals surface area contributed by atoms with Crippen LogP contribution < -0.4 is 11.1 Å². The van der Waals surface area contributed by atoms with Crippen molar-refractivity contribution in [3.05, 3.63) is 28.2 Å². The van der Waals surface area contributed by atoms with E-state index in [0.717, 1.165) is 5.69 Å². The topological polar surface area (TPSA) is 92.4 Å². The van der Waals surface area contributed by atoms with Gasteiger partial charge in [-0.2, -0.15) is 0 Å². The Hall–Kier alpha value is -1.56. The first-order chi connectivity index (χ1) is 8.40. The van der Waals surface area contributed by atoms with Crippen LogP contribution in [0.5, 0.6) is 0 Å². The predicted octanol–water partition coefficient (Wildman–Crippen LogP) is 2.21. The van der Waals surface area contributed by atoms with Crippen LogP contribution in [-0.4, -0.2) is 23.0 Å². The molecule has 18 heavy (non-hydrogen) atoms. The van der Waals surface area contributed by atoms with Crippen molar-refractivity contribution < 1.29 is 14.7 Å². The van der Waals surface area contributed by atoms with Crippen molar-refractivity contribution >= 4 is 33.5 Å². The Balaban J connectivity index is 2.65. The molecule has 98 valence electrons. The molecule has 1 rings (SSSR count). The molecule has 0 bridgehead atoms. The lowest BCUT2D eigenvalue weighted by Gasteiger charge is -2.15. The Morgan fingerprint density at radius 3 is 2.67 bits per heavy atom. The number of primary amides is 1. The number of halogens is 1. The molecule has 5 nitrogen and oxygen atoms in total. The minimum Gasteiger partial charge on any atom is -0.481 e. The second-order valence-electron chi connectivity index (χ2n) is 4.04. The van der Waals surface area contributed by atoms with Gasteiger partial charge in [0.05, 0.1) is 5.56 Å². The Kier molecular flexibility index (Phi) is 5.15. The van der Waals surface area contributed by atoms with Gasteiger partial charge in [-0.3, -0.25) is 9.59 Å². The number of benzene rings is 1. The smallest absolute Gasteiger partial charge is 0.303 e. The number of hydrogen-bond acceptors (Lipinski definition) is 3. The van der Waals surface area contributed by atoms with Crippen molar-refractivity contribution in [3.63, 3.8) is 0 Å². The first-order valence-electron chi connectivity index (χ1n) is 5.48. The van der Waals surface area contributed by atoms with Crippen molar-refractivity contribution in [2.24, 2.45) is 5.73 Å². The van der Waals surface area contributed by atoms with Crippen LogP contribution in [0, 0.1) is 0 Å². The maximum atomic E-state index is 11.0. The van der Waals surface area contributed by atoms with Crippen LogP contribution >= 0.6 is 15.9 Å². The molecule has 0 fully saturated rings. The molecule has 1 aromatic rings. The number of aliphatic carboxylic acids is 1. The van der Waals surface area contributed by atoms with Crippen LogP contribution in [0.25, 0.3) is 0 Å². The highest BCUT2D eigenvalue weighted by molar-refractivity contribution is 9.10. The molecule has 0 aliphatic heterocycles. The summed E-state index contributed by atoms with van der Waals surface area (Å²) in [6.45, 7) is 1.90. The molecule has 1 unspecified atom stereocenters. The van der Waals surface area contributed by atoms with Gasteiger partial charge in [-0.1, -0.05) is 0 Å². The van der Waals surface area contributed by atoms with Gasteiger partial charge < -0.3 is 16.2 Å². The summed E-state index contributed by atoms with van der Waals surface area (Å²) in [5.74, 6) is -1.30. The standard InChI is InChI=1S/C12H15BrN2O3/c1-7(2-5-11(16)17)15-8-3-4-9(12(14)18)10(13)6-8/h3-4,6-7,15H,2,5H2,1H3,(H2,14,18)(H,16,17). The Labute approximate surface area is 113 Å². The largest absolute Gasteiger partial charge is 0.481 e. The van der Waals surface area contributed by atoms with Crippen LogP contribution in [0.15, 0.2) is 22.7 Å². The number of anilines is 1. The Bertz CT molecular complexity index is 463. The van der Waals surface area contributed by atoms with E-state index < -0.39 is 11.9 Å². The van der Waals surface area contributed by atoms with E-state index in [-0.39, 0.29) is 12.5 Å². The first-order valence-corrected chi connectivity index (χ1v) is 6.27. The number of carboxylic acids is 1. The van der Waals surface area contributed by atoms with Crippen LogP contribution in [-0.2, 0) is 4.79 Å². The maximum Gasteiger partial charge on any atom is 0.303 e. The summed E-state index contributed by atoms with van der Waals surface area (Å²) in [5.41, 5.74) is 6.42. The monoisotopic (exact) mass is 314 g/mol. The number of rotatable bonds is 6. The number of nitrogens with one attached hydrogen (secondary N) is 1. The number of carbonyl (C=O) groups is 2. The quantitative estimate of drug-likeness (QED) is 0.750. The lowest BCUT2D eigenvalue weighted by molar-refractivity contribution is -0.137. The summed E-state index contributed by atoms with van der Waals surface area (Å²) < 4.78 is 0.616. The maximum absolute atomic E-state index is 11.0. The predicted molar refractivity (Wildman–Crippen MR) is 72.6 cm³/mol. The number of amides is 1. The zero-order valence-corrected chi connectivity index (χ0v) is 11.5. The van der Waals surface area contributed by atoms with Gasteiger partial charge in [-0.05, 0) is 47.5 Å². The van der Waals surface area contributed by atoms with Gasteiger partial charge in [-0.15, -0.1) is 0 Å². The molecule has 4 N–H and O–H groups in total. The van der Waals surface area contributed by atoms with Gasteiger partial charge in [0.1, 0.15) is 0 Å². The van der Waals surface area contributed by atoms with Crippen LogP contribution in [0.1, 0.15) is 30.1 Å². The second-order valence-corrected chi connectivity index (χ2v) is 4.89. The average molecular weight is 315 g/mol. The highest BCUT2D eigenvalue weighted by Crippen LogP contribution is 2.22. The number of carbonyl (C=O) groups excluding carboxylic acids is 1. The van der Waals surface area contributed by atoms with E-state index in [1.165, 1.54) is 0 Å². The van der Waals surface area contributed by atoms with Crippen molar-refractivity contribution in [2.45, 2.75) is 25.8 Å². The van der Waals surface area contributed by atoms with Gasteiger partial charge in [-0.25, -0.2) is 0 Å². The minimum absolute atomic E-state index is 0.0347. The van der Waals surface area contributed by atoms with Gasteiger partial charge in [0.15, 0.2) is 0 Å². The summed E-state index contributed by atoms with van der Waals surface area (Å²) in [7, 11) is 0. The molecule has 0 aliphatic carbocycles. The lowest BCUT2D eigenvalue weighted by Crippen LogP contribution is -2.17. The van der Waals surface area contributed by atoms with E-state index >= 15 is 0 Å². The van der Waals surface area contributed by atoms with Crippen LogP contribution in [0.2, 0.25) is 0 Å². The number of nitrogens with two attached hydrogens (primary N) is 1. The summed E-state index contributed by atoms with van der Waals surface area (Å²) in [6.07, 6.45) is 0.652. The van der Waals surface area contributed by atoms with Gasteiger partial charge in [0.2, 0.25) is 5.91 Å². The SMILES string of the molecule is CC(CCC(=O)O)Nc1ccc(C(N)=O)c(Br)c1. The lowest BCUT2D eigenvalue weighted by atomic mass is 10.1.